The highest BCUT2D eigenvalue weighted by atomic mass is 32.2. The number of carboxylic acid groups (broad SMARTS) is 1. The minimum atomic E-state index is -1.13. The van der Waals surface area contributed by atoms with Gasteiger partial charge in [-0.15, -0.1) is 0 Å². The van der Waals surface area contributed by atoms with Crippen LogP contribution in [0, 0.1) is 5.82 Å². The molecule has 2 aliphatic heterocycles. The molecule has 1 aromatic rings. The van der Waals surface area contributed by atoms with Gasteiger partial charge in [-0.2, -0.15) is 0 Å². The SMILES string of the molecule is O=C(O)CCN1C(=O)CC(N2C(=O)/C(=C/c3ccc(F)cc3)SC2=S)C1=O. The molecule has 27 heavy (non-hydrogen) atoms. The lowest BCUT2D eigenvalue weighted by atomic mass is 10.2. The molecule has 7 nitrogen and oxygen atoms in total. The Balaban J connectivity index is 1.79. The first-order valence-electron chi connectivity index (χ1n) is 7.86. The standard InChI is InChI=1S/C17H13FN2O5S2/c18-10-3-1-9(2-4-10)7-12-16(25)20(17(26)27-12)11-8-13(21)19(15(11)24)6-5-14(22)23/h1-4,7,11H,5-6,8H2,(H,22,23)/b12-7-. The molecule has 2 aliphatic rings. The van der Waals surface area contributed by atoms with Crippen molar-refractivity contribution in [2.24, 2.45) is 0 Å². The second-order valence-electron chi connectivity index (χ2n) is 5.85. The molecule has 2 fully saturated rings. The molecule has 0 saturated carbocycles. The Hall–Kier alpha value is -2.59. The summed E-state index contributed by atoms with van der Waals surface area (Å²) < 4.78 is 13.1. The van der Waals surface area contributed by atoms with Gasteiger partial charge >= 0.3 is 5.97 Å². The third kappa shape index (κ3) is 3.91. The van der Waals surface area contributed by atoms with Gasteiger partial charge in [0.05, 0.1) is 17.7 Å². The maximum atomic E-state index is 13.0. The summed E-state index contributed by atoms with van der Waals surface area (Å²) in [5, 5.41) is 8.73. The van der Waals surface area contributed by atoms with Crippen LogP contribution in [0.2, 0.25) is 0 Å². The van der Waals surface area contributed by atoms with Crippen molar-refractivity contribution >= 4 is 58.1 Å². The molecule has 0 spiro atoms. The number of amides is 3. The van der Waals surface area contributed by atoms with Crippen LogP contribution in [0.3, 0.4) is 0 Å². The van der Waals surface area contributed by atoms with Gasteiger partial charge in [-0.3, -0.25) is 29.0 Å². The fourth-order valence-electron chi connectivity index (χ4n) is 2.77. The van der Waals surface area contributed by atoms with E-state index in [2.05, 4.69) is 0 Å². The van der Waals surface area contributed by atoms with Gasteiger partial charge in [0.1, 0.15) is 16.2 Å². The Morgan fingerprint density at radius 3 is 2.59 bits per heavy atom. The molecule has 1 aromatic carbocycles. The molecule has 3 rings (SSSR count). The van der Waals surface area contributed by atoms with Crippen LogP contribution in [-0.4, -0.2) is 55.5 Å². The van der Waals surface area contributed by atoms with Gasteiger partial charge < -0.3 is 5.11 Å². The molecule has 0 radical (unpaired) electrons. The van der Waals surface area contributed by atoms with Gasteiger partial charge in [-0.05, 0) is 23.8 Å². The first kappa shape index (κ1) is 19.2. The number of likely N-dealkylation sites (tertiary alicyclic amines) is 1. The van der Waals surface area contributed by atoms with Crippen molar-refractivity contribution in [2.45, 2.75) is 18.9 Å². The molecule has 1 atom stereocenters. The Bertz CT molecular complexity index is 884. The summed E-state index contributed by atoms with van der Waals surface area (Å²) in [5.74, 6) is -3.23. The summed E-state index contributed by atoms with van der Waals surface area (Å²) in [5.41, 5.74) is 0.591. The Labute approximate surface area is 162 Å². The quantitative estimate of drug-likeness (QED) is 0.449. The average molecular weight is 408 g/mol. The van der Waals surface area contributed by atoms with E-state index in [1.807, 2.05) is 0 Å². The number of nitrogens with zero attached hydrogens (tertiary/aromatic N) is 2. The van der Waals surface area contributed by atoms with Crippen molar-refractivity contribution in [3.05, 3.63) is 40.6 Å². The third-order valence-electron chi connectivity index (χ3n) is 4.07. The van der Waals surface area contributed by atoms with Crippen molar-refractivity contribution in [1.82, 2.24) is 9.80 Å². The molecule has 2 saturated heterocycles. The molecular formula is C17H13FN2O5S2. The van der Waals surface area contributed by atoms with Crippen molar-refractivity contribution in [1.29, 1.82) is 0 Å². The van der Waals surface area contributed by atoms with E-state index in [9.17, 15) is 23.6 Å². The number of carbonyl (C=O) groups is 4. The van der Waals surface area contributed by atoms with Gasteiger partial charge in [0.2, 0.25) is 5.91 Å². The number of halogens is 1. The van der Waals surface area contributed by atoms with Crippen LogP contribution >= 0.6 is 24.0 Å². The predicted molar refractivity (Wildman–Crippen MR) is 98.8 cm³/mol. The lowest BCUT2D eigenvalue weighted by Crippen LogP contribution is -2.44. The zero-order valence-electron chi connectivity index (χ0n) is 13.8. The van der Waals surface area contributed by atoms with Gasteiger partial charge in [0.15, 0.2) is 0 Å². The first-order valence-corrected chi connectivity index (χ1v) is 9.09. The average Bonchev–Trinajstić information content (AvgIpc) is 3.03. The summed E-state index contributed by atoms with van der Waals surface area (Å²) in [6.45, 7) is -0.246. The van der Waals surface area contributed by atoms with Crippen molar-refractivity contribution in [2.75, 3.05) is 6.54 Å². The number of thioether (sulfide) groups is 1. The molecular weight excluding hydrogens is 395 g/mol. The topological polar surface area (TPSA) is 95.0 Å². The van der Waals surface area contributed by atoms with Crippen molar-refractivity contribution in [3.8, 4) is 0 Å². The van der Waals surface area contributed by atoms with Gasteiger partial charge in [-0.25, -0.2) is 4.39 Å². The molecule has 1 unspecified atom stereocenters. The number of benzene rings is 1. The van der Waals surface area contributed by atoms with E-state index < -0.39 is 35.5 Å². The number of hydrogen-bond donors (Lipinski definition) is 1. The van der Waals surface area contributed by atoms with E-state index >= 15 is 0 Å². The predicted octanol–water partition coefficient (Wildman–Crippen LogP) is 1.63. The lowest BCUT2D eigenvalue weighted by Gasteiger charge is -2.21. The second kappa shape index (κ2) is 7.57. The zero-order chi connectivity index (χ0) is 19.7. The number of aliphatic carboxylic acids is 1. The fraction of sp³-hybridized carbons (Fsp3) is 0.235. The molecule has 10 heteroatoms. The second-order valence-corrected chi connectivity index (χ2v) is 7.53. The lowest BCUT2D eigenvalue weighted by molar-refractivity contribution is -0.142. The Morgan fingerprint density at radius 1 is 1.30 bits per heavy atom. The molecule has 0 aliphatic carbocycles. The highest BCUT2D eigenvalue weighted by Gasteiger charge is 2.48. The highest BCUT2D eigenvalue weighted by molar-refractivity contribution is 8.26. The van der Waals surface area contributed by atoms with Crippen LogP contribution in [0.1, 0.15) is 18.4 Å². The number of carbonyl (C=O) groups excluding carboxylic acids is 3. The minimum Gasteiger partial charge on any atom is -0.481 e. The van der Waals surface area contributed by atoms with Crippen LogP contribution in [0.15, 0.2) is 29.2 Å². The Kier molecular flexibility index (Phi) is 5.38. The number of rotatable bonds is 5. The summed E-state index contributed by atoms with van der Waals surface area (Å²) in [7, 11) is 0. The molecule has 1 N–H and O–H groups in total. The van der Waals surface area contributed by atoms with Crippen LogP contribution in [0.5, 0.6) is 0 Å². The van der Waals surface area contributed by atoms with Gasteiger partial charge in [0, 0.05) is 6.54 Å². The van der Waals surface area contributed by atoms with E-state index in [0.717, 1.165) is 21.6 Å². The molecule has 0 bridgehead atoms. The fourth-order valence-corrected chi connectivity index (χ4v) is 4.13. The first-order chi connectivity index (χ1) is 12.8. The normalized spacial score (nSPS) is 21.7. The molecule has 3 amide bonds. The summed E-state index contributed by atoms with van der Waals surface area (Å²) in [6.07, 6.45) is 0.921. The van der Waals surface area contributed by atoms with Crippen molar-refractivity contribution < 1.29 is 28.7 Å². The maximum Gasteiger partial charge on any atom is 0.305 e. The monoisotopic (exact) mass is 408 g/mol. The highest BCUT2D eigenvalue weighted by Crippen LogP contribution is 2.36. The van der Waals surface area contributed by atoms with E-state index in [0.29, 0.717) is 5.56 Å². The molecule has 2 heterocycles. The van der Waals surface area contributed by atoms with Crippen LogP contribution < -0.4 is 0 Å². The molecule has 0 aromatic heterocycles. The minimum absolute atomic E-state index is 0.139. The van der Waals surface area contributed by atoms with Crippen LogP contribution in [0.4, 0.5) is 4.39 Å². The van der Waals surface area contributed by atoms with Gasteiger partial charge in [-0.1, -0.05) is 36.1 Å². The smallest absolute Gasteiger partial charge is 0.305 e. The largest absolute Gasteiger partial charge is 0.481 e. The Morgan fingerprint density at radius 2 is 1.96 bits per heavy atom. The zero-order valence-corrected chi connectivity index (χ0v) is 15.4. The summed E-state index contributed by atoms with van der Waals surface area (Å²) >= 11 is 6.19. The summed E-state index contributed by atoms with van der Waals surface area (Å²) in [6, 6.07) is 4.44. The number of thiocarbonyl (C=S) groups is 1. The number of imide groups is 1. The number of hydrogen-bond acceptors (Lipinski definition) is 6. The summed E-state index contributed by atoms with van der Waals surface area (Å²) in [4.78, 5) is 50.1. The van der Waals surface area contributed by atoms with E-state index in [1.54, 1.807) is 0 Å². The van der Waals surface area contributed by atoms with Gasteiger partial charge in [0.25, 0.3) is 11.8 Å². The van der Waals surface area contributed by atoms with Crippen molar-refractivity contribution in [3.63, 3.8) is 0 Å². The van der Waals surface area contributed by atoms with Crippen LogP contribution in [0.25, 0.3) is 6.08 Å². The van der Waals surface area contributed by atoms with E-state index in [4.69, 9.17) is 17.3 Å². The van der Waals surface area contributed by atoms with E-state index in [-0.39, 0.29) is 28.6 Å². The maximum absolute atomic E-state index is 13.0. The van der Waals surface area contributed by atoms with E-state index in [1.165, 1.54) is 30.3 Å². The molecule has 140 valence electrons. The van der Waals surface area contributed by atoms with Crippen LogP contribution in [-0.2, 0) is 19.2 Å². The number of carboxylic acids is 1. The third-order valence-corrected chi connectivity index (χ3v) is 5.40.